The Hall–Kier alpha value is -2.08. The molecule has 1 fully saturated rings. The quantitative estimate of drug-likeness (QED) is 0.743. The summed E-state index contributed by atoms with van der Waals surface area (Å²) in [5, 5.41) is 5.30. The van der Waals surface area contributed by atoms with Gasteiger partial charge in [0.05, 0.1) is 26.7 Å². The molecule has 0 radical (unpaired) electrons. The maximum absolute atomic E-state index is 11.4. The minimum absolute atomic E-state index is 0.187. The van der Waals surface area contributed by atoms with Crippen molar-refractivity contribution in [3.05, 3.63) is 23.8 Å². The van der Waals surface area contributed by atoms with Gasteiger partial charge in [0.2, 0.25) is 11.8 Å². The van der Waals surface area contributed by atoms with E-state index in [4.69, 9.17) is 9.47 Å². The van der Waals surface area contributed by atoms with Crippen LogP contribution in [0.25, 0.3) is 0 Å². The largest absolute Gasteiger partial charge is 0.493 e. The molecule has 102 valence electrons. The van der Waals surface area contributed by atoms with Gasteiger partial charge in [0.15, 0.2) is 11.5 Å². The minimum Gasteiger partial charge on any atom is -0.493 e. The molecule has 0 spiro atoms. The molecular formula is C13H16N2O4. The van der Waals surface area contributed by atoms with Gasteiger partial charge in [-0.15, -0.1) is 0 Å². The molecule has 0 aliphatic carbocycles. The third-order valence-electron chi connectivity index (χ3n) is 2.97. The van der Waals surface area contributed by atoms with Crippen LogP contribution in [0.2, 0.25) is 0 Å². The first-order valence-electron chi connectivity index (χ1n) is 5.92. The molecule has 1 aliphatic heterocycles. The van der Waals surface area contributed by atoms with Gasteiger partial charge < -0.3 is 14.8 Å². The molecule has 1 aliphatic rings. The van der Waals surface area contributed by atoms with E-state index in [1.165, 1.54) is 0 Å². The second kappa shape index (κ2) is 5.71. The van der Waals surface area contributed by atoms with E-state index < -0.39 is 6.04 Å². The van der Waals surface area contributed by atoms with Crippen LogP contribution in [-0.4, -0.2) is 32.1 Å². The van der Waals surface area contributed by atoms with Gasteiger partial charge in [-0.05, 0) is 17.7 Å². The predicted molar refractivity (Wildman–Crippen MR) is 67.9 cm³/mol. The zero-order valence-electron chi connectivity index (χ0n) is 10.9. The normalized spacial score (nSPS) is 18.3. The summed E-state index contributed by atoms with van der Waals surface area (Å²) in [6, 6.07) is 5.06. The highest BCUT2D eigenvalue weighted by atomic mass is 16.5. The Balaban J connectivity index is 2.00. The SMILES string of the molecule is COc1ccc(CNC2CC(=O)NC2=O)cc1OC. The minimum atomic E-state index is -0.458. The van der Waals surface area contributed by atoms with E-state index in [2.05, 4.69) is 10.6 Å². The molecule has 2 N–H and O–H groups in total. The topological polar surface area (TPSA) is 76.7 Å². The van der Waals surface area contributed by atoms with E-state index in [0.717, 1.165) is 5.56 Å². The lowest BCUT2D eigenvalue weighted by atomic mass is 10.1. The number of nitrogens with one attached hydrogen (secondary N) is 2. The predicted octanol–water partition coefficient (Wildman–Crippen LogP) is 0.208. The lowest BCUT2D eigenvalue weighted by Gasteiger charge is -2.12. The maximum atomic E-state index is 11.4. The average molecular weight is 264 g/mol. The lowest BCUT2D eigenvalue weighted by molar-refractivity contribution is -0.125. The van der Waals surface area contributed by atoms with Crippen LogP contribution in [0.4, 0.5) is 0 Å². The van der Waals surface area contributed by atoms with Crippen molar-refractivity contribution in [2.75, 3.05) is 14.2 Å². The Bertz CT molecular complexity index is 501. The van der Waals surface area contributed by atoms with Crippen molar-refractivity contribution < 1.29 is 19.1 Å². The molecule has 2 rings (SSSR count). The van der Waals surface area contributed by atoms with Crippen LogP contribution < -0.4 is 20.1 Å². The molecule has 0 bridgehead atoms. The van der Waals surface area contributed by atoms with Crippen molar-refractivity contribution in [2.45, 2.75) is 19.0 Å². The fourth-order valence-corrected chi connectivity index (χ4v) is 1.95. The zero-order chi connectivity index (χ0) is 13.8. The van der Waals surface area contributed by atoms with Crippen LogP contribution in [0, 0.1) is 0 Å². The summed E-state index contributed by atoms with van der Waals surface area (Å²) in [5.74, 6) is 0.772. The summed E-state index contributed by atoms with van der Waals surface area (Å²) in [7, 11) is 3.14. The number of carbonyl (C=O) groups is 2. The number of methoxy groups -OCH3 is 2. The standard InChI is InChI=1S/C13H16N2O4/c1-18-10-4-3-8(5-11(10)19-2)7-14-9-6-12(16)15-13(9)17/h3-5,9,14H,6-7H2,1-2H3,(H,15,16,17). The average Bonchev–Trinajstić information content (AvgIpc) is 2.74. The van der Waals surface area contributed by atoms with Crippen molar-refractivity contribution in [1.29, 1.82) is 0 Å². The molecule has 1 atom stereocenters. The Morgan fingerprint density at radius 2 is 2.00 bits per heavy atom. The highest BCUT2D eigenvalue weighted by molar-refractivity contribution is 6.05. The Labute approximate surface area is 111 Å². The van der Waals surface area contributed by atoms with Gasteiger partial charge in [-0.1, -0.05) is 6.07 Å². The highest BCUT2D eigenvalue weighted by Crippen LogP contribution is 2.27. The van der Waals surface area contributed by atoms with E-state index in [1.807, 2.05) is 12.1 Å². The number of hydrogen-bond acceptors (Lipinski definition) is 5. The van der Waals surface area contributed by atoms with E-state index in [0.29, 0.717) is 18.0 Å². The summed E-state index contributed by atoms with van der Waals surface area (Å²) < 4.78 is 10.3. The van der Waals surface area contributed by atoms with Crippen LogP contribution >= 0.6 is 0 Å². The maximum Gasteiger partial charge on any atom is 0.244 e. The van der Waals surface area contributed by atoms with Gasteiger partial charge in [0, 0.05) is 6.54 Å². The van der Waals surface area contributed by atoms with E-state index in [9.17, 15) is 9.59 Å². The molecule has 0 saturated carbocycles. The summed E-state index contributed by atoms with van der Waals surface area (Å²) >= 11 is 0. The molecule has 1 unspecified atom stereocenters. The van der Waals surface area contributed by atoms with Gasteiger partial charge in [0.25, 0.3) is 0 Å². The van der Waals surface area contributed by atoms with Crippen molar-refractivity contribution >= 4 is 11.8 Å². The van der Waals surface area contributed by atoms with Crippen LogP contribution in [-0.2, 0) is 16.1 Å². The van der Waals surface area contributed by atoms with Gasteiger partial charge in [0.1, 0.15) is 0 Å². The van der Waals surface area contributed by atoms with E-state index in [-0.39, 0.29) is 18.2 Å². The molecule has 1 aromatic carbocycles. The number of rotatable bonds is 5. The third kappa shape index (κ3) is 3.03. The number of carbonyl (C=O) groups excluding carboxylic acids is 2. The molecule has 6 nitrogen and oxygen atoms in total. The summed E-state index contributed by atoms with van der Waals surface area (Å²) in [4.78, 5) is 22.4. The second-order valence-electron chi connectivity index (χ2n) is 4.24. The molecule has 19 heavy (non-hydrogen) atoms. The Kier molecular flexibility index (Phi) is 4.01. The van der Waals surface area contributed by atoms with Gasteiger partial charge in [-0.25, -0.2) is 0 Å². The first-order valence-corrected chi connectivity index (χ1v) is 5.92. The number of hydrogen-bond donors (Lipinski definition) is 2. The van der Waals surface area contributed by atoms with Crippen LogP contribution in [0.15, 0.2) is 18.2 Å². The molecule has 1 heterocycles. The molecule has 6 heteroatoms. The van der Waals surface area contributed by atoms with E-state index in [1.54, 1.807) is 20.3 Å². The molecular weight excluding hydrogens is 248 g/mol. The smallest absolute Gasteiger partial charge is 0.244 e. The summed E-state index contributed by atoms with van der Waals surface area (Å²) in [5.41, 5.74) is 0.949. The van der Waals surface area contributed by atoms with Crippen molar-refractivity contribution in [2.24, 2.45) is 0 Å². The van der Waals surface area contributed by atoms with Crippen LogP contribution in [0.5, 0.6) is 11.5 Å². The van der Waals surface area contributed by atoms with Gasteiger partial charge >= 0.3 is 0 Å². The zero-order valence-corrected chi connectivity index (χ0v) is 10.9. The monoisotopic (exact) mass is 264 g/mol. The first-order chi connectivity index (χ1) is 9.13. The van der Waals surface area contributed by atoms with Crippen LogP contribution in [0.1, 0.15) is 12.0 Å². The summed E-state index contributed by atoms with van der Waals surface area (Å²) in [6.07, 6.45) is 0.187. The molecule has 0 aromatic heterocycles. The van der Waals surface area contributed by atoms with Crippen molar-refractivity contribution in [1.82, 2.24) is 10.6 Å². The molecule has 1 saturated heterocycles. The Morgan fingerprint density at radius 1 is 1.26 bits per heavy atom. The molecule has 1 aromatic rings. The van der Waals surface area contributed by atoms with Crippen LogP contribution in [0.3, 0.4) is 0 Å². The highest BCUT2D eigenvalue weighted by Gasteiger charge is 2.29. The fraction of sp³-hybridized carbons (Fsp3) is 0.385. The van der Waals surface area contributed by atoms with Gasteiger partial charge in [-0.2, -0.15) is 0 Å². The fourth-order valence-electron chi connectivity index (χ4n) is 1.95. The first kappa shape index (κ1) is 13.4. The van der Waals surface area contributed by atoms with Gasteiger partial charge in [-0.3, -0.25) is 14.9 Å². The van der Waals surface area contributed by atoms with Crippen molar-refractivity contribution in [3.63, 3.8) is 0 Å². The van der Waals surface area contributed by atoms with Crippen molar-refractivity contribution in [3.8, 4) is 11.5 Å². The lowest BCUT2D eigenvalue weighted by Crippen LogP contribution is -2.35. The Morgan fingerprint density at radius 3 is 2.58 bits per heavy atom. The molecule has 2 amide bonds. The summed E-state index contributed by atoms with van der Waals surface area (Å²) in [6.45, 7) is 0.478. The second-order valence-corrected chi connectivity index (χ2v) is 4.24. The third-order valence-corrected chi connectivity index (χ3v) is 2.97. The number of benzene rings is 1. The number of amides is 2. The number of imide groups is 1. The number of ether oxygens (including phenoxy) is 2. The van der Waals surface area contributed by atoms with E-state index >= 15 is 0 Å².